The quantitative estimate of drug-likeness (QED) is 0.785. The average Bonchev–Trinajstić information content (AvgIpc) is 3.33. The topological polar surface area (TPSA) is 46.5 Å². The lowest BCUT2D eigenvalue weighted by molar-refractivity contribution is -0.143. The van der Waals surface area contributed by atoms with Crippen molar-refractivity contribution in [2.45, 2.75) is 45.1 Å². The van der Waals surface area contributed by atoms with E-state index in [0.717, 1.165) is 59.2 Å². The number of carbonyl (C=O) groups is 1. The zero-order chi connectivity index (χ0) is 16.6. The number of carbonyl (C=O) groups excluding carboxylic acids is 1. The van der Waals surface area contributed by atoms with Gasteiger partial charge in [-0.05, 0) is 103 Å². The highest BCUT2D eigenvalue weighted by atomic mass is 16.5. The van der Waals surface area contributed by atoms with Crippen LogP contribution in [0, 0.1) is 76.9 Å². The molecule has 7 saturated carbocycles. The second-order valence-electron chi connectivity index (χ2n) is 10.7. The minimum atomic E-state index is -0.0923. The SMILES string of the molecule is CC(=O)OCC1C2C3CCCC3C3C4C(O)C5CCC6C5C4C(C61)C23. The van der Waals surface area contributed by atoms with Crippen LogP contribution in [0.5, 0.6) is 0 Å². The fraction of sp³-hybridized carbons (Fsp3) is 0.955. The number of hydrogen-bond donors (Lipinski definition) is 1. The molecule has 0 saturated heterocycles. The molecule has 136 valence electrons. The van der Waals surface area contributed by atoms with Crippen molar-refractivity contribution < 1.29 is 14.6 Å². The van der Waals surface area contributed by atoms with Gasteiger partial charge in [0.05, 0.1) is 12.7 Å². The maximum absolute atomic E-state index is 11.6. The predicted molar refractivity (Wildman–Crippen MR) is 91.1 cm³/mol. The standard InChI is InChI=1S/C22H30O3/c1-8(23)25-7-13-14-9-3-2-4-10(9)17-18(14)19-16(13)11-5-6-12-15(11)20(19)21(17)22(12)24/h9-22,24H,2-7H2,1H3. The summed E-state index contributed by atoms with van der Waals surface area (Å²) in [4.78, 5) is 11.6. The van der Waals surface area contributed by atoms with Crippen LogP contribution < -0.4 is 0 Å². The Balaban J connectivity index is 1.36. The molecule has 0 aliphatic heterocycles. The van der Waals surface area contributed by atoms with Crippen molar-refractivity contribution in [3.05, 3.63) is 0 Å². The number of aliphatic hydroxyl groups excluding tert-OH is 1. The highest BCUT2D eigenvalue weighted by Gasteiger charge is 2.80. The summed E-state index contributed by atoms with van der Waals surface area (Å²) in [5.41, 5.74) is 0. The van der Waals surface area contributed by atoms with Crippen LogP contribution in [0.25, 0.3) is 0 Å². The third kappa shape index (κ3) is 1.41. The molecule has 1 N–H and O–H groups in total. The highest BCUT2D eigenvalue weighted by molar-refractivity contribution is 5.65. The summed E-state index contributed by atoms with van der Waals surface area (Å²) in [6, 6.07) is 0. The monoisotopic (exact) mass is 342 g/mol. The lowest BCUT2D eigenvalue weighted by Gasteiger charge is -2.31. The zero-order valence-electron chi connectivity index (χ0n) is 15.1. The minimum Gasteiger partial charge on any atom is -0.466 e. The first kappa shape index (κ1) is 14.5. The van der Waals surface area contributed by atoms with Crippen molar-refractivity contribution in [2.24, 2.45) is 76.9 Å². The first-order valence-electron chi connectivity index (χ1n) is 11.0. The van der Waals surface area contributed by atoms with Crippen LogP contribution in [-0.2, 0) is 9.53 Å². The molecule has 7 aliphatic rings. The third-order valence-electron chi connectivity index (χ3n) is 10.8. The highest BCUT2D eigenvalue weighted by Crippen LogP contribution is 2.83. The average molecular weight is 342 g/mol. The smallest absolute Gasteiger partial charge is 0.302 e. The van der Waals surface area contributed by atoms with Crippen molar-refractivity contribution in [1.29, 1.82) is 0 Å². The normalized spacial score (nSPS) is 67.1. The first-order chi connectivity index (χ1) is 12.2. The van der Waals surface area contributed by atoms with Gasteiger partial charge >= 0.3 is 5.97 Å². The van der Waals surface area contributed by atoms with Crippen LogP contribution in [0.4, 0.5) is 0 Å². The van der Waals surface area contributed by atoms with Gasteiger partial charge in [0.25, 0.3) is 0 Å². The Labute approximate surface area is 149 Å². The number of esters is 1. The number of aliphatic hydroxyl groups is 1. The Kier molecular flexibility index (Phi) is 2.58. The molecule has 0 aromatic carbocycles. The van der Waals surface area contributed by atoms with Gasteiger partial charge in [-0.1, -0.05) is 6.42 Å². The van der Waals surface area contributed by atoms with Crippen molar-refractivity contribution in [2.75, 3.05) is 6.61 Å². The molecule has 25 heavy (non-hydrogen) atoms. The molecule has 3 nitrogen and oxygen atoms in total. The maximum atomic E-state index is 11.6. The van der Waals surface area contributed by atoms with Crippen LogP contribution in [0.2, 0.25) is 0 Å². The van der Waals surface area contributed by atoms with Crippen molar-refractivity contribution in [3.8, 4) is 0 Å². The molecular weight excluding hydrogens is 312 g/mol. The fourth-order valence-electron chi connectivity index (χ4n) is 11.1. The van der Waals surface area contributed by atoms with Crippen molar-refractivity contribution in [1.82, 2.24) is 0 Å². The molecule has 3 heteroatoms. The van der Waals surface area contributed by atoms with E-state index < -0.39 is 0 Å². The van der Waals surface area contributed by atoms with E-state index in [1.165, 1.54) is 32.1 Å². The van der Waals surface area contributed by atoms with Crippen LogP contribution in [0.15, 0.2) is 0 Å². The van der Waals surface area contributed by atoms with Gasteiger partial charge in [-0.15, -0.1) is 0 Å². The van der Waals surface area contributed by atoms with Crippen LogP contribution in [-0.4, -0.2) is 23.8 Å². The van der Waals surface area contributed by atoms with E-state index >= 15 is 0 Å². The summed E-state index contributed by atoms with van der Waals surface area (Å²) in [5, 5.41) is 11.2. The second kappa shape index (κ2) is 4.46. The zero-order valence-corrected chi connectivity index (χ0v) is 15.1. The molecule has 14 atom stereocenters. The van der Waals surface area contributed by atoms with E-state index in [4.69, 9.17) is 4.74 Å². The number of ether oxygens (including phenoxy) is 1. The molecule has 14 unspecified atom stereocenters. The van der Waals surface area contributed by atoms with E-state index in [2.05, 4.69) is 0 Å². The van der Waals surface area contributed by atoms with Gasteiger partial charge in [-0.25, -0.2) is 0 Å². The van der Waals surface area contributed by atoms with E-state index in [-0.39, 0.29) is 12.1 Å². The fourth-order valence-corrected chi connectivity index (χ4v) is 11.1. The Bertz CT molecular complexity index is 639. The third-order valence-corrected chi connectivity index (χ3v) is 10.8. The van der Waals surface area contributed by atoms with E-state index in [1.54, 1.807) is 6.92 Å². The van der Waals surface area contributed by atoms with Gasteiger partial charge in [0, 0.05) is 6.92 Å². The molecular formula is C22H30O3. The Morgan fingerprint density at radius 3 is 2.24 bits per heavy atom. The second-order valence-corrected chi connectivity index (χ2v) is 10.7. The molecule has 0 aromatic heterocycles. The summed E-state index contributed by atoms with van der Waals surface area (Å²) in [5.74, 6) is 10.3. The molecule has 0 spiro atoms. The largest absolute Gasteiger partial charge is 0.466 e. The summed E-state index contributed by atoms with van der Waals surface area (Å²) in [6.07, 6.45) is 6.84. The molecule has 7 aliphatic carbocycles. The van der Waals surface area contributed by atoms with E-state index in [1.807, 2.05) is 0 Å². The lowest BCUT2D eigenvalue weighted by Crippen LogP contribution is -2.31. The van der Waals surface area contributed by atoms with E-state index in [0.29, 0.717) is 24.4 Å². The van der Waals surface area contributed by atoms with Gasteiger partial charge in [-0.3, -0.25) is 4.79 Å². The molecule has 0 radical (unpaired) electrons. The molecule has 0 heterocycles. The summed E-state index contributed by atoms with van der Waals surface area (Å²) in [6.45, 7) is 2.27. The molecule has 0 amide bonds. The summed E-state index contributed by atoms with van der Waals surface area (Å²) >= 11 is 0. The molecule has 0 bridgehead atoms. The van der Waals surface area contributed by atoms with Crippen molar-refractivity contribution in [3.63, 3.8) is 0 Å². The Morgan fingerprint density at radius 1 is 0.800 bits per heavy atom. The lowest BCUT2D eigenvalue weighted by atomic mass is 9.74. The summed E-state index contributed by atoms with van der Waals surface area (Å²) < 4.78 is 5.66. The van der Waals surface area contributed by atoms with Crippen LogP contribution in [0.3, 0.4) is 0 Å². The van der Waals surface area contributed by atoms with Gasteiger partial charge < -0.3 is 9.84 Å². The van der Waals surface area contributed by atoms with Gasteiger partial charge in [-0.2, -0.15) is 0 Å². The Hall–Kier alpha value is -0.570. The summed E-state index contributed by atoms with van der Waals surface area (Å²) in [7, 11) is 0. The van der Waals surface area contributed by atoms with E-state index in [9.17, 15) is 9.90 Å². The van der Waals surface area contributed by atoms with Gasteiger partial charge in [0.15, 0.2) is 0 Å². The number of fused-ring (bicyclic) bond motifs is 5. The van der Waals surface area contributed by atoms with Crippen molar-refractivity contribution >= 4 is 5.97 Å². The predicted octanol–water partition coefficient (Wildman–Crippen LogP) is 2.97. The molecule has 0 aromatic rings. The first-order valence-corrected chi connectivity index (χ1v) is 11.0. The van der Waals surface area contributed by atoms with Crippen LogP contribution >= 0.6 is 0 Å². The Morgan fingerprint density at radius 2 is 1.44 bits per heavy atom. The maximum Gasteiger partial charge on any atom is 0.302 e. The van der Waals surface area contributed by atoms with Gasteiger partial charge in [0.1, 0.15) is 0 Å². The number of rotatable bonds is 2. The molecule has 7 fully saturated rings. The van der Waals surface area contributed by atoms with Crippen LogP contribution in [0.1, 0.15) is 39.0 Å². The minimum absolute atomic E-state index is 0.0171. The van der Waals surface area contributed by atoms with Gasteiger partial charge in [0.2, 0.25) is 0 Å². The molecule has 7 rings (SSSR count). The number of hydrogen-bond acceptors (Lipinski definition) is 3.